The summed E-state index contributed by atoms with van der Waals surface area (Å²) in [4.78, 5) is 28.7. The standard InChI is InChI=1S/C28H25ClN2O8/c1-34-18-8-7-17-21(24(18)35-2)27(32)39-23(17)22-20-14(11-19-25(26(20)36-3)38-13-37-19)9-10-31(22)28(33)30-16-6-4-5-15(29)12-16/h4-8,11-12,22-23H,9-10,13H2,1-3H3,(H,30,33). The minimum absolute atomic E-state index is 0.0520. The van der Waals surface area contributed by atoms with Gasteiger partial charge < -0.3 is 38.6 Å². The van der Waals surface area contributed by atoms with E-state index in [0.717, 1.165) is 5.56 Å². The topological polar surface area (TPSA) is 105 Å². The summed E-state index contributed by atoms with van der Waals surface area (Å²) in [5.74, 6) is 1.52. The van der Waals surface area contributed by atoms with Crippen molar-refractivity contribution in [3.63, 3.8) is 0 Å². The van der Waals surface area contributed by atoms with Crippen LogP contribution in [0.2, 0.25) is 5.02 Å². The fraction of sp³-hybridized carbons (Fsp3) is 0.286. The van der Waals surface area contributed by atoms with Gasteiger partial charge in [-0.05, 0) is 42.3 Å². The number of cyclic esters (lactones) is 1. The third kappa shape index (κ3) is 4.02. The summed E-state index contributed by atoms with van der Waals surface area (Å²) in [6.45, 7) is 0.389. The van der Waals surface area contributed by atoms with Crippen molar-refractivity contribution >= 4 is 29.3 Å². The molecule has 2 atom stereocenters. The molecule has 3 heterocycles. The van der Waals surface area contributed by atoms with E-state index in [1.54, 1.807) is 41.3 Å². The molecule has 2 unspecified atom stereocenters. The molecule has 3 aliphatic heterocycles. The van der Waals surface area contributed by atoms with Crippen LogP contribution in [0.1, 0.15) is 39.2 Å². The number of benzene rings is 3. The quantitative estimate of drug-likeness (QED) is 0.434. The molecule has 0 aromatic heterocycles. The maximum absolute atomic E-state index is 13.8. The van der Waals surface area contributed by atoms with Gasteiger partial charge in [-0.15, -0.1) is 0 Å². The van der Waals surface area contributed by atoms with Crippen LogP contribution in [0.4, 0.5) is 10.5 Å². The summed E-state index contributed by atoms with van der Waals surface area (Å²) >= 11 is 6.15. The van der Waals surface area contributed by atoms with Crippen LogP contribution < -0.4 is 29.0 Å². The molecule has 3 aromatic carbocycles. The number of carbonyl (C=O) groups excluding carboxylic acids is 2. The highest BCUT2D eigenvalue weighted by atomic mass is 35.5. The molecule has 3 aromatic rings. The van der Waals surface area contributed by atoms with Crippen molar-refractivity contribution in [3.05, 3.63) is 69.7 Å². The van der Waals surface area contributed by atoms with Crippen molar-refractivity contribution in [2.75, 3.05) is 40.0 Å². The Balaban J connectivity index is 1.51. The maximum atomic E-state index is 13.8. The molecule has 1 N–H and O–H groups in total. The van der Waals surface area contributed by atoms with Crippen LogP contribution in [0.5, 0.6) is 28.7 Å². The second-order valence-corrected chi connectivity index (χ2v) is 9.57. The number of nitrogens with zero attached hydrogens (tertiary/aromatic N) is 1. The minimum atomic E-state index is -0.870. The molecular formula is C28H25ClN2O8. The van der Waals surface area contributed by atoms with Crippen molar-refractivity contribution in [1.29, 1.82) is 0 Å². The first-order valence-electron chi connectivity index (χ1n) is 12.2. The van der Waals surface area contributed by atoms with Gasteiger partial charge in [0.15, 0.2) is 29.1 Å². The van der Waals surface area contributed by atoms with E-state index in [0.29, 0.717) is 57.8 Å². The van der Waals surface area contributed by atoms with Gasteiger partial charge in [-0.1, -0.05) is 23.7 Å². The van der Waals surface area contributed by atoms with Crippen molar-refractivity contribution in [2.24, 2.45) is 0 Å². The van der Waals surface area contributed by atoms with E-state index in [4.69, 9.17) is 40.0 Å². The van der Waals surface area contributed by atoms with E-state index in [2.05, 4.69) is 5.32 Å². The van der Waals surface area contributed by atoms with Crippen LogP contribution in [-0.2, 0) is 11.2 Å². The van der Waals surface area contributed by atoms with Gasteiger partial charge in [-0.2, -0.15) is 0 Å². The Labute approximate surface area is 229 Å². The molecule has 39 heavy (non-hydrogen) atoms. The number of esters is 1. The minimum Gasteiger partial charge on any atom is -0.493 e. The number of ether oxygens (including phenoxy) is 6. The number of fused-ring (bicyclic) bond motifs is 3. The summed E-state index contributed by atoms with van der Waals surface area (Å²) in [6, 6.07) is 11.1. The van der Waals surface area contributed by atoms with Crippen LogP contribution in [-0.4, -0.2) is 51.6 Å². The third-order valence-electron chi connectivity index (χ3n) is 7.15. The number of rotatable bonds is 5. The van der Waals surface area contributed by atoms with Crippen LogP contribution in [0.25, 0.3) is 0 Å². The number of carbonyl (C=O) groups is 2. The first-order chi connectivity index (χ1) is 18.9. The molecule has 10 nitrogen and oxygen atoms in total. The molecule has 0 aliphatic carbocycles. The molecule has 11 heteroatoms. The van der Waals surface area contributed by atoms with Crippen LogP contribution in [0, 0.1) is 0 Å². The lowest BCUT2D eigenvalue weighted by atomic mass is 9.85. The lowest BCUT2D eigenvalue weighted by molar-refractivity contribution is 0.0123. The van der Waals surface area contributed by atoms with E-state index in [1.807, 2.05) is 6.07 Å². The van der Waals surface area contributed by atoms with Gasteiger partial charge in [0.25, 0.3) is 0 Å². The van der Waals surface area contributed by atoms with E-state index < -0.39 is 24.1 Å². The fourth-order valence-electron chi connectivity index (χ4n) is 5.51. The fourth-order valence-corrected chi connectivity index (χ4v) is 5.70. The van der Waals surface area contributed by atoms with Gasteiger partial charge in [0.1, 0.15) is 11.6 Å². The van der Waals surface area contributed by atoms with Gasteiger partial charge in [0.2, 0.25) is 12.5 Å². The lowest BCUT2D eigenvalue weighted by Crippen LogP contribution is -2.45. The summed E-state index contributed by atoms with van der Waals surface area (Å²) in [6.07, 6.45) is -0.355. The number of amides is 2. The molecule has 202 valence electrons. The van der Waals surface area contributed by atoms with Crippen molar-refractivity contribution in [2.45, 2.75) is 18.6 Å². The van der Waals surface area contributed by atoms with Gasteiger partial charge in [-0.3, -0.25) is 0 Å². The van der Waals surface area contributed by atoms with Crippen molar-refractivity contribution < 1.29 is 38.0 Å². The maximum Gasteiger partial charge on any atom is 0.343 e. The van der Waals surface area contributed by atoms with Crippen molar-refractivity contribution in [3.8, 4) is 28.7 Å². The van der Waals surface area contributed by atoms with E-state index in [9.17, 15) is 9.59 Å². The molecule has 0 saturated carbocycles. The second kappa shape index (κ2) is 9.77. The van der Waals surface area contributed by atoms with Gasteiger partial charge in [-0.25, -0.2) is 9.59 Å². The SMILES string of the molecule is COc1ccc2c(c1OC)C(=O)OC2C1c2c(cc3c(c2OC)OCO3)CCN1C(=O)Nc1cccc(Cl)c1. The molecule has 0 saturated heterocycles. The van der Waals surface area contributed by atoms with Gasteiger partial charge in [0, 0.05) is 28.4 Å². The Hall–Kier alpha value is -4.31. The number of anilines is 1. The predicted octanol–water partition coefficient (Wildman–Crippen LogP) is 5.14. The highest BCUT2D eigenvalue weighted by molar-refractivity contribution is 6.30. The zero-order chi connectivity index (χ0) is 27.3. The Morgan fingerprint density at radius 1 is 1.05 bits per heavy atom. The average molecular weight is 553 g/mol. The largest absolute Gasteiger partial charge is 0.493 e. The highest BCUT2D eigenvalue weighted by Crippen LogP contribution is 2.55. The molecule has 0 radical (unpaired) electrons. The number of methoxy groups -OCH3 is 3. The average Bonchev–Trinajstić information content (AvgIpc) is 3.54. The number of hydrogen-bond acceptors (Lipinski definition) is 8. The summed E-state index contributed by atoms with van der Waals surface area (Å²) in [5, 5.41) is 3.41. The van der Waals surface area contributed by atoms with Crippen molar-refractivity contribution in [1.82, 2.24) is 4.90 Å². The summed E-state index contributed by atoms with van der Waals surface area (Å²) in [7, 11) is 4.49. The molecule has 6 rings (SSSR count). The second-order valence-electron chi connectivity index (χ2n) is 9.14. The first kappa shape index (κ1) is 25.0. The Morgan fingerprint density at radius 2 is 1.87 bits per heavy atom. The number of urea groups is 1. The van der Waals surface area contributed by atoms with E-state index in [1.165, 1.54) is 21.3 Å². The molecule has 0 bridgehead atoms. The smallest absolute Gasteiger partial charge is 0.343 e. The molecule has 3 aliphatic rings. The lowest BCUT2D eigenvalue weighted by Gasteiger charge is -2.40. The zero-order valence-electron chi connectivity index (χ0n) is 21.4. The van der Waals surface area contributed by atoms with E-state index in [-0.39, 0.29) is 18.1 Å². The van der Waals surface area contributed by atoms with E-state index >= 15 is 0 Å². The molecule has 2 amide bonds. The molecule has 0 spiro atoms. The Morgan fingerprint density at radius 3 is 2.62 bits per heavy atom. The summed E-state index contributed by atoms with van der Waals surface area (Å²) in [5.41, 5.74) is 2.93. The summed E-state index contributed by atoms with van der Waals surface area (Å²) < 4.78 is 34.1. The molecule has 0 fully saturated rings. The Kier molecular flexibility index (Phi) is 6.26. The van der Waals surface area contributed by atoms with Gasteiger partial charge >= 0.3 is 12.0 Å². The normalized spacial score (nSPS) is 18.7. The monoisotopic (exact) mass is 552 g/mol. The van der Waals surface area contributed by atoms with Crippen LogP contribution >= 0.6 is 11.6 Å². The van der Waals surface area contributed by atoms with Gasteiger partial charge in [0.05, 0.1) is 21.3 Å². The first-order valence-corrected chi connectivity index (χ1v) is 12.6. The molecular weight excluding hydrogens is 528 g/mol. The van der Waals surface area contributed by atoms with Crippen LogP contribution in [0.15, 0.2) is 42.5 Å². The number of halogens is 1. The predicted molar refractivity (Wildman–Crippen MR) is 140 cm³/mol. The Bertz CT molecular complexity index is 1490. The number of nitrogens with one attached hydrogen (secondary N) is 1. The third-order valence-corrected chi connectivity index (χ3v) is 7.38. The highest BCUT2D eigenvalue weighted by Gasteiger charge is 2.48. The number of hydrogen-bond donors (Lipinski definition) is 1. The zero-order valence-corrected chi connectivity index (χ0v) is 22.2. The van der Waals surface area contributed by atoms with Crippen LogP contribution in [0.3, 0.4) is 0 Å².